The Bertz CT molecular complexity index is 664. The summed E-state index contributed by atoms with van der Waals surface area (Å²) in [5, 5.41) is 0. The number of alkyl halides is 1. The van der Waals surface area contributed by atoms with Crippen molar-refractivity contribution in [2.24, 2.45) is 0 Å². The standard InChI is InChI=1S/C34H61ClO8/c1-2-3-4-5-6-9-12-33-13-15-34(16-14-33)43-32-31-42-30-29-41-28-27-40-26-25-39-24-23-38-22-21-37-20-19-36-18-11-8-7-10-17-35/h13-16H,2-12,17-32H2,1H3. The van der Waals surface area contributed by atoms with E-state index in [0.717, 1.165) is 37.5 Å². The molecule has 0 amide bonds. The smallest absolute Gasteiger partial charge is 0.119 e. The van der Waals surface area contributed by atoms with Crippen molar-refractivity contribution < 1.29 is 37.9 Å². The normalized spacial score (nSPS) is 11.4. The van der Waals surface area contributed by atoms with Gasteiger partial charge in [0.1, 0.15) is 12.4 Å². The maximum atomic E-state index is 5.77. The first kappa shape index (κ1) is 40.1. The molecular formula is C34H61ClO8. The number of rotatable bonds is 35. The van der Waals surface area contributed by atoms with Gasteiger partial charge in [-0.2, -0.15) is 0 Å². The SMILES string of the molecule is CCCCCCCCc1ccc(OCCOCCOCCOCCOCCOCCOCCOCCCCCCCl)cc1. The Labute approximate surface area is 267 Å². The molecule has 0 aliphatic rings. The van der Waals surface area contributed by atoms with Gasteiger partial charge in [-0.05, 0) is 43.4 Å². The molecule has 0 atom stereocenters. The summed E-state index contributed by atoms with van der Waals surface area (Å²) in [6.07, 6.45) is 13.6. The van der Waals surface area contributed by atoms with Crippen molar-refractivity contribution in [3.8, 4) is 5.75 Å². The highest BCUT2D eigenvalue weighted by Gasteiger charge is 1.99. The van der Waals surface area contributed by atoms with Crippen LogP contribution in [0.5, 0.6) is 5.75 Å². The van der Waals surface area contributed by atoms with Gasteiger partial charge < -0.3 is 37.9 Å². The van der Waals surface area contributed by atoms with Crippen LogP contribution in [0.4, 0.5) is 0 Å². The number of aryl methyl sites for hydroxylation is 1. The highest BCUT2D eigenvalue weighted by molar-refractivity contribution is 6.17. The number of hydrogen-bond donors (Lipinski definition) is 0. The summed E-state index contributed by atoms with van der Waals surface area (Å²) in [5.41, 5.74) is 1.38. The molecule has 0 radical (unpaired) electrons. The molecule has 1 aromatic carbocycles. The average molecular weight is 633 g/mol. The van der Waals surface area contributed by atoms with Crippen molar-refractivity contribution in [3.05, 3.63) is 29.8 Å². The number of hydrogen-bond acceptors (Lipinski definition) is 8. The van der Waals surface area contributed by atoms with E-state index in [4.69, 9.17) is 49.5 Å². The lowest BCUT2D eigenvalue weighted by molar-refractivity contribution is -0.0213. The minimum atomic E-state index is 0.533. The van der Waals surface area contributed by atoms with Crippen molar-refractivity contribution in [1.82, 2.24) is 0 Å². The second kappa shape index (κ2) is 33.9. The van der Waals surface area contributed by atoms with Gasteiger partial charge in [-0.15, -0.1) is 11.6 Å². The Kier molecular flexibility index (Phi) is 31.6. The third-order valence-electron chi connectivity index (χ3n) is 6.64. The lowest BCUT2D eigenvalue weighted by atomic mass is 10.0. The van der Waals surface area contributed by atoms with Gasteiger partial charge in [-0.3, -0.25) is 0 Å². The highest BCUT2D eigenvalue weighted by Crippen LogP contribution is 2.15. The Balaban J connectivity index is 1.72. The molecule has 0 aliphatic carbocycles. The van der Waals surface area contributed by atoms with Gasteiger partial charge in [-0.1, -0.05) is 64.0 Å². The van der Waals surface area contributed by atoms with E-state index in [0.29, 0.717) is 92.5 Å². The molecule has 0 N–H and O–H groups in total. The zero-order valence-electron chi connectivity index (χ0n) is 27.0. The van der Waals surface area contributed by atoms with Gasteiger partial charge in [0, 0.05) is 12.5 Å². The van der Waals surface area contributed by atoms with E-state index < -0.39 is 0 Å². The van der Waals surface area contributed by atoms with Crippen LogP contribution in [0, 0.1) is 0 Å². The zero-order chi connectivity index (χ0) is 30.7. The van der Waals surface area contributed by atoms with Crippen LogP contribution in [-0.4, -0.2) is 105 Å². The molecule has 43 heavy (non-hydrogen) atoms. The van der Waals surface area contributed by atoms with Gasteiger partial charge in [-0.25, -0.2) is 0 Å². The summed E-state index contributed by atoms with van der Waals surface area (Å²) in [7, 11) is 0. The summed E-state index contributed by atoms with van der Waals surface area (Å²) < 4.78 is 44.4. The molecule has 0 bridgehead atoms. The van der Waals surface area contributed by atoms with Crippen LogP contribution >= 0.6 is 11.6 Å². The van der Waals surface area contributed by atoms with Crippen molar-refractivity contribution >= 4 is 11.6 Å². The lowest BCUT2D eigenvalue weighted by Crippen LogP contribution is -2.15. The quantitative estimate of drug-likeness (QED) is 0.0592. The lowest BCUT2D eigenvalue weighted by Gasteiger charge is -2.09. The fourth-order valence-electron chi connectivity index (χ4n) is 4.15. The topological polar surface area (TPSA) is 73.8 Å². The molecule has 0 saturated carbocycles. The van der Waals surface area contributed by atoms with Crippen molar-refractivity contribution in [2.75, 3.05) is 105 Å². The van der Waals surface area contributed by atoms with Gasteiger partial charge >= 0.3 is 0 Å². The van der Waals surface area contributed by atoms with Gasteiger partial charge in [0.25, 0.3) is 0 Å². The molecule has 0 spiro atoms. The predicted molar refractivity (Wildman–Crippen MR) is 174 cm³/mol. The maximum Gasteiger partial charge on any atom is 0.119 e. The molecule has 0 aromatic heterocycles. The molecule has 0 heterocycles. The molecule has 0 fully saturated rings. The Hall–Kier alpha value is -0.970. The molecule has 0 saturated heterocycles. The Morgan fingerprint density at radius 3 is 1.30 bits per heavy atom. The first-order valence-corrected chi connectivity index (χ1v) is 17.2. The summed E-state index contributed by atoms with van der Waals surface area (Å²) >= 11 is 5.66. The van der Waals surface area contributed by atoms with E-state index in [1.54, 1.807) is 0 Å². The van der Waals surface area contributed by atoms with Gasteiger partial charge in [0.2, 0.25) is 0 Å². The fourth-order valence-corrected chi connectivity index (χ4v) is 4.34. The van der Waals surface area contributed by atoms with Crippen LogP contribution in [-0.2, 0) is 39.6 Å². The van der Waals surface area contributed by atoms with Crippen LogP contribution in [0.1, 0.15) is 76.7 Å². The molecule has 1 aromatic rings. The van der Waals surface area contributed by atoms with Crippen molar-refractivity contribution in [2.45, 2.75) is 77.6 Å². The third kappa shape index (κ3) is 29.5. The summed E-state index contributed by atoms with van der Waals surface area (Å²) in [6, 6.07) is 8.45. The van der Waals surface area contributed by atoms with Crippen LogP contribution in [0.3, 0.4) is 0 Å². The molecule has 8 nitrogen and oxygen atoms in total. The van der Waals surface area contributed by atoms with E-state index in [2.05, 4.69) is 31.2 Å². The summed E-state index contributed by atoms with van der Waals surface area (Å²) in [6.45, 7) is 10.8. The average Bonchev–Trinajstić information content (AvgIpc) is 3.03. The maximum absolute atomic E-state index is 5.77. The molecule has 0 unspecified atom stereocenters. The van der Waals surface area contributed by atoms with Gasteiger partial charge in [0.15, 0.2) is 0 Å². The van der Waals surface area contributed by atoms with Crippen molar-refractivity contribution in [3.63, 3.8) is 0 Å². The molecule has 252 valence electrons. The van der Waals surface area contributed by atoms with E-state index in [9.17, 15) is 0 Å². The number of ether oxygens (including phenoxy) is 8. The second-order valence-electron chi connectivity index (χ2n) is 10.4. The summed E-state index contributed by atoms with van der Waals surface area (Å²) in [5.74, 6) is 1.64. The van der Waals surface area contributed by atoms with Crippen LogP contribution in [0.15, 0.2) is 24.3 Å². The molecule has 9 heteroatoms. The molecule has 0 aliphatic heterocycles. The van der Waals surface area contributed by atoms with Crippen LogP contribution < -0.4 is 4.74 Å². The predicted octanol–water partition coefficient (Wildman–Crippen LogP) is 6.88. The molecular weight excluding hydrogens is 572 g/mol. The monoisotopic (exact) mass is 632 g/mol. The van der Waals surface area contributed by atoms with Crippen LogP contribution in [0.2, 0.25) is 0 Å². The van der Waals surface area contributed by atoms with E-state index in [1.165, 1.54) is 56.9 Å². The molecule has 1 rings (SSSR count). The Morgan fingerprint density at radius 1 is 0.419 bits per heavy atom. The number of unbranched alkanes of at least 4 members (excludes halogenated alkanes) is 8. The Morgan fingerprint density at radius 2 is 0.814 bits per heavy atom. The minimum absolute atomic E-state index is 0.533. The van der Waals surface area contributed by atoms with Gasteiger partial charge in [0.05, 0.1) is 85.9 Å². The largest absolute Gasteiger partial charge is 0.491 e. The second-order valence-corrected chi connectivity index (χ2v) is 10.8. The highest BCUT2D eigenvalue weighted by atomic mass is 35.5. The van der Waals surface area contributed by atoms with E-state index in [-0.39, 0.29) is 0 Å². The third-order valence-corrected chi connectivity index (χ3v) is 6.91. The minimum Gasteiger partial charge on any atom is -0.491 e. The fraction of sp³-hybridized carbons (Fsp3) is 0.824. The van der Waals surface area contributed by atoms with Crippen LogP contribution in [0.25, 0.3) is 0 Å². The van der Waals surface area contributed by atoms with E-state index >= 15 is 0 Å². The number of benzene rings is 1. The zero-order valence-corrected chi connectivity index (χ0v) is 27.8. The van der Waals surface area contributed by atoms with Crippen molar-refractivity contribution in [1.29, 1.82) is 0 Å². The number of halogens is 1. The summed E-state index contributed by atoms with van der Waals surface area (Å²) in [4.78, 5) is 0. The first-order chi connectivity index (χ1) is 21.4. The first-order valence-electron chi connectivity index (χ1n) is 16.7. The van der Waals surface area contributed by atoms with E-state index in [1.807, 2.05) is 0 Å².